The van der Waals surface area contributed by atoms with Crippen LogP contribution < -0.4 is 26.4 Å². The first-order valence-corrected chi connectivity index (χ1v) is 7.86. The van der Waals surface area contributed by atoms with E-state index in [0.717, 1.165) is 25.7 Å². The summed E-state index contributed by atoms with van der Waals surface area (Å²) in [6.07, 6.45) is 5.51. The topological polar surface area (TPSA) is 105 Å². The number of nitrogens with one attached hydrogen (secondary N) is 3. The van der Waals surface area contributed by atoms with Gasteiger partial charge < -0.3 is 26.4 Å². The standard InChI is InChI=1S/C16H24N4O3/c1-23-12-7-8-13(17)14(9-12)20-15(21)10-18-16(22)19-11-5-3-2-4-6-11/h7-9,11H,2-6,10,17H2,1H3,(H,20,21)(H2,18,19,22). The number of urea groups is 1. The summed E-state index contributed by atoms with van der Waals surface area (Å²) in [5.41, 5.74) is 6.70. The highest BCUT2D eigenvalue weighted by Crippen LogP contribution is 2.24. The summed E-state index contributed by atoms with van der Waals surface area (Å²) < 4.78 is 5.09. The van der Waals surface area contributed by atoms with E-state index < -0.39 is 0 Å². The van der Waals surface area contributed by atoms with Crippen LogP contribution in [0.2, 0.25) is 0 Å². The highest BCUT2D eigenvalue weighted by atomic mass is 16.5. The molecule has 1 aromatic rings. The second-order valence-corrected chi connectivity index (χ2v) is 5.66. The predicted molar refractivity (Wildman–Crippen MR) is 89.4 cm³/mol. The lowest BCUT2D eigenvalue weighted by Crippen LogP contribution is -2.45. The van der Waals surface area contributed by atoms with E-state index >= 15 is 0 Å². The lowest BCUT2D eigenvalue weighted by atomic mass is 9.96. The molecule has 1 fully saturated rings. The van der Waals surface area contributed by atoms with Crippen LogP contribution in [0.5, 0.6) is 5.75 Å². The van der Waals surface area contributed by atoms with Crippen molar-refractivity contribution in [1.29, 1.82) is 0 Å². The Morgan fingerprint density at radius 2 is 2.00 bits per heavy atom. The van der Waals surface area contributed by atoms with Crippen molar-refractivity contribution in [2.24, 2.45) is 0 Å². The molecule has 0 spiro atoms. The van der Waals surface area contributed by atoms with Crippen LogP contribution in [0.3, 0.4) is 0 Å². The predicted octanol–water partition coefficient (Wildman–Crippen LogP) is 1.85. The number of nitrogen functional groups attached to an aromatic ring is 1. The summed E-state index contributed by atoms with van der Waals surface area (Å²) >= 11 is 0. The Bertz CT molecular complexity index is 556. The minimum Gasteiger partial charge on any atom is -0.497 e. The summed E-state index contributed by atoms with van der Waals surface area (Å²) in [5, 5.41) is 8.11. The fourth-order valence-electron chi connectivity index (χ4n) is 2.61. The van der Waals surface area contributed by atoms with E-state index in [0.29, 0.717) is 17.1 Å². The van der Waals surface area contributed by atoms with Crippen molar-refractivity contribution < 1.29 is 14.3 Å². The van der Waals surface area contributed by atoms with Crippen molar-refractivity contribution in [3.8, 4) is 5.75 Å². The Morgan fingerprint density at radius 3 is 2.70 bits per heavy atom. The Hall–Kier alpha value is -2.44. The maximum Gasteiger partial charge on any atom is 0.315 e. The number of nitrogens with two attached hydrogens (primary N) is 1. The maximum atomic E-state index is 11.9. The van der Waals surface area contributed by atoms with E-state index in [4.69, 9.17) is 10.5 Å². The van der Waals surface area contributed by atoms with Gasteiger partial charge in [0.1, 0.15) is 5.75 Å². The molecule has 7 heteroatoms. The molecular weight excluding hydrogens is 296 g/mol. The zero-order valence-corrected chi connectivity index (χ0v) is 13.4. The zero-order chi connectivity index (χ0) is 16.7. The van der Waals surface area contributed by atoms with Crippen LogP contribution in [0.4, 0.5) is 16.2 Å². The average molecular weight is 320 g/mol. The largest absolute Gasteiger partial charge is 0.497 e. The Balaban J connectivity index is 1.77. The number of hydrogen-bond donors (Lipinski definition) is 4. The van der Waals surface area contributed by atoms with Crippen LogP contribution in [0.1, 0.15) is 32.1 Å². The van der Waals surface area contributed by atoms with Gasteiger partial charge in [0.25, 0.3) is 0 Å². The number of amides is 3. The Kier molecular flexibility index (Phi) is 6.08. The average Bonchev–Trinajstić information content (AvgIpc) is 2.56. The number of carbonyl (C=O) groups excluding carboxylic acids is 2. The van der Waals surface area contributed by atoms with Gasteiger partial charge in [-0.3, -0.25) is 4.79 Å². The number of rotatable bonds is 5. The fourth-order valence-corrected chi connectivity index (χ4v) is 2.61. The van der Waals surface area contributed by atoms with Crippen molar-refractivity contribution in [2.75, 3.05) is 24.7 Å². The van der Waals surface area contributed by atoms with Crippen molar-refractivity contribution in [3.63, 3.8) is 0 Å². The summed E-state index contributed by atoms with van der Waals surface area (Å²) in [6.45, 7) is -0.116. The summed E-state index contributed by atoms with van der Waals surface area (Å²) in [5.74, 6) is 0.251. The molecule has 0 unspecified atom stereocenters. The van der Waals surface area contributed by atoms with Gasteiger partial charge in [-0.25, -0.2) is 4.79 Å². The fraction of sp³-hybridized carbons (Fsp3) is 0.500. The van der Waals surface area contributed by atoms with Gasteiger partial charge in [0.15, 0.2) is 0 Å². The smallest absolute Gasteiger partial charge is 0.315 e. The van der Waals surface area contributed by atoms with Crippen LogP contribution in [0, 0.1) is 0 Å². The molecule has 0 bridgehead atoms. The molecule has 0 aliphatic heterocycles. The molecule has 1 aromatic carbocycles. The van der Waals surface area contributed by atoms with E-state index in [1.165, 1.54) is 13.5 Å². The first kappa shape index (κ1) is 16.9. The monoisotopic (exact) mass is 320 g/mol. The number of carbonyl (C=O) groups is 2. The zero-order valence-electron chi connectivity index (χ0n) is 13.4. The first-order valence-electron chi connectivity index (χ1n) is 7.86. The molecule has 126 valence electrons. The molecule has 3 amide bonds. The van der Waals surface area contributed by atoms with Gasteiger partial charge in [-0.15, -0.1) is 0 Å². The van der Waals surface area contributed by atoms with Crippen LogP contribution in [0.25, 0.3) is 0 Å². The molecule has 0 saturated heterocycles. The molecule has 0 aromatic heterocycles. The van der Waals surface area contributed by atoms with Crippen LogP contribution in [0.15, 0.2) is 18.2 Å². The molecule has 23 heavy (non-hydrogen) atoms. The minimum absolute atomic E-state index is 0.116. The Labute approximate surface area is 136 Å². The third-order valence-electron chi connectivity index (χ3n) is 3.88. The van der Waals surface area contributed by atoms with Crippen molar-refractivity contribution >= 4 is 23.3 Å². The van der Waals surface area contributed by atoms with Gasteiger partial charge >= 0.3 is 6.03 Å². The maximum absolute atomic E-state index is 11.9. The van der Waals surface area contributed by atoms with E-state index in [2.05, 4.69) is 16.0 Å². The molecule has 1 saturated carbocycles. The number of anilines is 2. The van der Waals surface area contributed by atoms with Gasteiger partial charge in [-0.2, -0.15) is 0 Å². The summed E-state index contributed by atoms with van der Waals surface area (Å²) in [6, 6.07) is 4.89. The second kappa shape index (κ2) is 8.26. The van der Waals surface area contributed by atoms with Gasteiger partial charge in [-0.05, 0) is 25.0 Å². The molecule has 0 atom stereocenters. The molecule has 0 radical (unpaired) electrons. The number of ether oxygens (including phenoxy) is 1. The molecule has 1 aliphatic carbocycles. The summed E-state index contributed by atoms with van der Waals surface area (Å²) in [4.78, 5) is 23.7. The number of methoxy groups -OCH3 is 1. The molecule has 0 heterocycles. The lowest BCUT2D eigenvalue weighted by molar-refractivity contribution is -0.115. The van der Waals surface area contributed by atoms with Gasteiger partial charge in [-0.1, -0.05) is 19.3 Å². The quantitative estimate of drug-likeness (QED) is 0.621. The highest BCUT2D eigenvalue weighted by molar-refractivity contribution is 5.96. The van der Waals surface area contributed by atoms with Gasteiger partial charge in [0.2, 0.25) is 5.91 Å². The minimum atomic E-state index is -0.344. The van der Waals surface area contributed by atoms with Gasteiger partial charge in [0, 0.05) is 12.1 Å². The van der Waals surface area contributed by atoms with Gasteiger partial charge in [0.05, 0.1) is 25.0 Å². The van der Waals surface area contributed by atoms with Crippen LogP contribution in [-0.2, 0) is 4.79 Å². The Morgan fingerprint density at radius 1 is 1.26 bits per heavy atom. The third kappa shape index (κ3) is 5.36. The lowest BCUT2D eigenvalue weighted by Gasteiger charge is -2.22. The molecule has 7 nitrogen and oxygen atoms in total. The van der Waals surface area contributed by atoms with Crippen molar-refractivity contribution in [1.82, 2.24) is 10.6 Å². The molecular formula is C16H24N4O3. The van der Waals surface area contributed by atoms with E-state index in [9.17, 15) is 9.59 Å². The van der Waals surface area contributed by atoms with E-state index in [1.807, 2.05) is 0 Å². The molecule has 2 rings (SSSR count). The van der Waals surface area contributed by atoms with Crippen molar-refractivity contribution in [3.05, 3.63) is 18.2 Å². The third-order valence-corrected chi connectivity index (χ3v) is 3.88. The van der Waals surface area contributed by atoms with E-state index in [-0.39, 0.29) is 24.5 Å². The second-order valence-electron chi connectivity index (χ2n) is 5.66. The summed E-state index contributed by atoms with van der Waals surface area (Å²) in [7, 11) is 1.54. The number of hydrogen-bond acceptors (Lipinski definition) is 4. The molecule has 5 N–H and O–H groups in total. The molecule has 1 aliphatic rings. The van der Waals surface area contributed by atoms with E-state index in [1.54, 1.807) is 18.2 Å². The SMILES string of the molecule is COc1ccc(N)c(NC(=O)CNC(=O)NC2CCCCC2)c1. The first-order chi connectivity index (χ1) is 11.1. The van der Waals surface area contributed by atoms with Crippen LogP contribution in [-0.4, -0.2) is 31.6 Å². The van der Waals surface area contributed by atoms with Crippen molar-refractivity contribution in [2.45, 2.75) is 38.1 Å². The normalized spacial score (nSPS) is 14.8. The highest BCUT2D eigenvalue weighted by Gasteiger charge is 2.16. The number of benzene rings is 1. The van der Waals surface area contributed by atoms with Crippen LogP contribution >= 0.6 is 0 Å².